The smallest absolute Gasteiger partial charge is 0.250 e. The zero-order valence-corrected chi connectivity index (χ0v) is 17.7. The Morgan fingerprint density at radius 3 is 2.57 bits per heavy atom. The molecule has 0 aliphatic heterocycles. The first kappa shape index (κ1) is 21.2. The van der Waals surface area contributed by atoms with E-state index < -0.39 is 0 Å². The van der Waals surface area contributed by atoms with Gasteiger partial charge in [-0.3, -0.25) is 14.9 Å². The predicted octanol–water partition coefficient (Wildman–Crippen LogP) is 5.02. The minimum Gasteiger partial charge on any atom is -0.332 e. The summed E-state index contributed by atoms with van der Waals surface area (Å²) in [4.78, 5) is 23.9. The number of aryl methyl sites for hydroxylation is 1. The maximum absolute atomic E-state index is 12.3. The molecule has 0 fully saturated rings. The fraction of sp³-hybridized carbons (Fsp3) is 0.125. The molecule has 0 spiro atoms. The topological polar surface area (TPSA) is 70.2 Å². The van der Waals surface area contributed by atoms with E-state index in [2.05, 4.69) is 16.0 Å². The minimum absolute atomic E-state index is 0.0651. The van der Waals surface area contributed by atoms with Crippen LogP contribution in [0.15, 0.2) is 66.7 Å². The Morgan fingerprint density at radius 2 is 1.77 bits per heavy atom. The molecule has 0 bridgehead atoms. The standard InChI is InChI=1S/C24H23N3O2S/c1-3-22(28)26-21-15-19(13-11-16(21)2)25-24(30)27-23(29)14-12-18-9-6-8-17-7-4-5-10-20(17)18/h4-15H,3H2,1-2H3,(H,26,28)(H2,25,27,29,30)/b14-12+. The largest absolute Gasteiger partial charge is 0.332 e. The average Bonchev–Trinajstić information content (AvgIpc) is 2.74. The molecule has 6 heteroatoms. The zero-order valence-electron chi connectivity index (χ0n) is 16.9. The van der Waals surface area contributed by atoms with Gasteiger partial charge in [0, 0.05) is 23.9 Å². The van der Waals surface area contributed by atoms with Gasteiger partial charge in [0.15, 0.2) is 5.11 Å². The molecule has 2 amide bonds. The van der Waals surface area contributed by atoms with E-state index in [0.717, 1.165) is 21.9 Å². The van der Waals surface area contributed by atoms with Gasteiger partial charge in [0.1, 0.15) is 0 Å². The third-order valence-corrected chi connectivity index (χ3v) is 4.77. The van der Waals surface area contributed by atoms with Crippen LogP contribution in [0.2, 0.25) is 0 Å². The normalized spacial score (nSPS) is 10.7. The van der Waals surface area contributed by atoms with Crippen molar-refractivity contribution in [3.63, 3.8) is 0 Å². The van der Waals surface area contributed by atoms with Crippen molar-refractivity contribution in [2.75, 3.05) is 10.6 Å². The van der Waals surface area contributed by atoms with Gasteiger partial charge >= 0.3 is 0 Å². The average molecular weight is 418 g/mol. The molecule has 0 aliphatic carbocycles. The van der Waals surface area contributed by atoms with E-state index in [1.165, 1.54) is 6.08 Å². The Hall–Kier alpha value is -3.51. The van der Waals surface area contributed by atoms with Crippen LogP contribution in [0, 0.1) is 6.92 Å². The van der Waals surface area contributed by atoms with Crippen molar-refractivity contribution in [1.29, 1.82) is 0 Å². The fourth-order valence-corrected chi connectivity index (χ4v) is 3.17. The van der Waals surface area contributed by atoms with Crippen molar-refractivity contribution < 1.29 is 9.59 Å². The molecule has 3 aromatic carbocycles. The molecule has 0 aliphatic rings. The van der Waals surface area contributed by atoms with Crippen molar-refractivity contribution >= 4 is 57.4 Å². The van der Waals surface area contributed by atoms with Crippen LogP contribution in [-0.2, 0) is 9.59 Å². The number of amides is 2. The minimum atomic E-state index is -0.327. The van der Waals surface area contributed by atoms with E-state index in [4.69, 9.17) is 12.2 Å². The Kier molecular flexibility index (Phi) is 6.93. The third-order valence-electron chi connectivity index (χ3n) is 4.57. The molecular formula is C24H23N3O2S. The first-order chi connectivity index (χ1) is 14.5. The molecule has 5 nitrogen and oxygen atoms in total. The van der Waals surface area contributed by atoms with Gasteiger partial charge in [-0.15, -0.1) is 0 Å². The Balaban J connectivity index is 1.63. The van der Waals surface area contributed by atoms with Gasteiger partial charge in [-0.1, -0.05) is 55.5 Å². The molecule has 0 saturated heterocycles. The van der Waals surface area contributed by atoms with Crippen molar-refractivity contribution in [2.45, 2.75) is 20.3 Å². The predicted molar refractivity (Wildman–Crippen MR) is 127 cm³/mol. The lowest BCUT2D eigenvalue weighted by molar-refractivity contribution is -0.116. The Bertz CT molecular complexity index is 1130. The van der Waals surface area contributed by atoms with Crippen molar-refractivity contribution in [2.24, 2.45) is 0 Å². The van der Waals surface area contributed by atoms with Gasteiger partial charge in [0.2, 0.25) is 11.8 Å². The van der Waals surface area contributed by atoms with Crippen LogP contribution in [0.25, 0.3) is 16.8 Å². The monoisotopic (exact) mass is 417 g/mol. The summed E-state index contributed by atoms with van der Waals surface area (Å²) >= 11 is 5.24. The van der Waals surface area contributed by atoms with E-state index in [-0.39, 0.29) is 16.9 Å². The maximum atomic E-state index is 12.3. The number of thiocarbonyl (C=S) groups is 1. The molecule has 0 radical (unpaired) electrons. The number of carbonyl (C=O) groups is 2. The first-order valence-corrected chi connectivity index (χ1v) is 10.1. The van der Waals surface area contributed by atoms with Crippen LogP contribution in [0.3, 0.4) is 0 Å². The highest BCUT2D eigenvalue weighted by molar-refractivity contribution is 7.80. The molecule has 0 atom stereocenters. The van der Waals surface area contributed by atoms with Gasteiger partial charge in [-0.05, 0) is 59.2 Å². The van der Waals surface area contributed by atoms with Crippen LogP contribution in [0.5, 0.6) is 0 Å². The summed E-state index contributed by atoms with van der Waals surface area (Å²) in [6, 6.07) is 19.4. The lowest BCUT2D eigenvalue weighted by Crippen LogP contribution is -2.32. The lowest BCUT2D eigenvalue weighted by Gasteiger charge is -2.12. The molecular weight excluding hydrogens is 394 g/mol. The van der Waals surface area contributed by atoms with Crippen molar-refractivity contribution in [3.05, 3.63) is 77.9 Å². The number of anilines is 2. The van der Waals surface area contributed by atoms with Gasteiger partial charge < -0.3 is 10.6 Å². The highest BCUT2D eigenvalue weighted by atomic mass is 32.1. The molecule has 3 N–H and O–H groups in total. The van der Waals surface area contributed by atoms with Gasteiger partial charge in [-0.25, -0.2) is 0 Å². The Labute approximate surface area is 181 Å². The number of benzene rings is 3. The fourth-order valence-electron chi connectivity index (χ4n) is 2.95. The molecule has 3 aromatic rings. The first-order valence-electron chi connectivity index (χ1n) is 9.64. The number of fused-ring (bicyclic) bond motifs is 1. The summed E-state index contributed by atoms with van der Waals surface area (Å²) in [7, 11) is 0. The zero-order chi connectivity index (χ0) is 21.5. The van der Waals surface area contributed by atoms with E-state index >= 15 is 0 Å². The highest BCUT2D eigenvalue weighted by Crippen LogP contribution is 2.21. The second kappa shape index (κ2) is 9.80. The third kappa shape index (κ3) is 5.52. The van der Waals surface area contributed by atoms with Gasteiger partial charge in [0.05, 0.1) is 0 Å². The Morgan fingerprint density at radius 1 is 1.00 bits per heavy atom. The van der Waals surface area contributed by atoms with Crippen LogP contribution in [-0.4, -0.2) is 16.9 Å². The van der Waals surface area contributed by atoms with E-state index in [0.29, 0.717) is 17.8 Å². The number of rotatable bonds is 5. The summed E-state index contributed by atoms with van der Waals surface area (Å²) in [5, 5.41) is 10.8. The van der Waals surface area contributed by atoms with Crippen LogP contribution in [0.4, 0.5) is 11.4 Å². The molecule has 3 rings (SSSR count). The van der Waals surface area contributed by atoms with Crippen LogP contribution >= 0.6 is 12.2 Å². The molecule has 152 valence electrons. The second-order valence-corrected chi connectivity index (χ2v) is 7.18. The van der Waals surface area contributed by atoms with Crippen LogP contribution < -0.4 is 16.0 Å². The van der Waals surface area contributed by atoms with Crippen LogP contribution in [0.1, 0.15) is 24.5 Å². The number of carbonyl (C=O) groups excluding carboxylic acids is 2. The lowest BCUT2D eigenvalue weighted by atomic mass is 10.0. The number of hydrogen-bond donors (Lipinski definition) is 3. The van der Waals surface area contributed by atoms with Gasteiger partial charge in [-0.2, -0.15) is 0 Å². The van der Waals surface area contributed by atoms with E-state index in [1.54, 1.807) is 19.1 Å². The SMILES string of the molecule is CCC(=O)Nc1cc(NC(=S)NC(=O)/C=C/c2cccc3ccccc23)ccc1C. The molecule has 0 heterocycles. The summed E-state index contributed by atoms with van der Waals surface area (Å²) < 4.78 is 0. The number of nitrogens with one attached hydrogen (secondary N) is 3. The summed E-state index contributed by atoms with van der Waals surface area (Å²) in [6.45, 7) is 3.70. The van der Waals surface area contributed by atoms with E-state index in [9.17, 15) is 9.59 Å². The maximum Gasteiger partial charge on any atom is 0.250 e. The summed E-state index contributed by atoms with van der Waals surface area (Å²) in [6.07, 6.45) is 3.62. The quantitative estimate of drug-likeness (QED) is 0.403. The molecule has 0 saturated carbocycles. The molecule has 0 aromatic heterocycles. The van der Waals surface area contributed by atoms with E-state index in [1.807, 2.05) is 61.5 Å². The van der Waals surface area contributed by atoms with Crippen molar-refractivity contribution in [1.82, 2.24) is 5.32 Å². The van der Waals surface area contributed by atoms with Crippen molar-refractivity contribution in [3.8, 4) is 0 Å². The summed E-state index contributed by atoms with van der Waals surface area (Å²) in [5.41, 5.74) is 3.28. The molecule has 0 unspecified atom stereocenters. The highest BCUT2D eigenvalue weighted by Gasteiger charge is 2.07. The van der Waals surface area contributed by atoms with Gasteiger partial charge in [0.25, 0.3) is 0 Å². The second-order valence-electron chi connectivity index (χ2n) is 6.78. The summed E-state index contributed by atoms with van der Waals surface area (Å²) in [5.74, 6) is -0.392. The number of hydrogen-bond acceptors (Lipinski definition) is 3. The molecule has 30 heavy (non-hydrogen) atoms.